The van der Waals surface area contributed by atoms with Crippen LogP contribution in [-0.2, 0) is 76.7 Å². The first-order valence-corrected chi connectivity index (χ1v) is 22.0. The van der Waals surface area contributed by atoms with Crippen molar-refractivity contribution in [3.05, 3.63) is 11.6 Å². The maximum atomic E-state index is 10.7. The van der Waals surface area contributed by atoms with E-state index in [0.29, 0.717) is 18.4 Å². The number of ketones is 3. The molecule has 78 heavy (non-hydrogen) atoms. The zero-order valence-electron chi connectivity index (χ0n) is 45.5. The number of nitrogens with two attached hydrogens (primary N) is 1. The zero-order valence-corrected chi connectivity index (χ0v) is 45.5. The van der Waals surface area contributed by atoms with Crippen molar-refractivity contribution in [1.82, 2.24) is 0 Å². The minimum Gasteiger partial charge on any atom is -0.481 e. The van der Waals surface area contributed by atoms with Gasteiger partial charge in [0.15, 0.2) is 11.7 Å². The lowest BCUT2D eigenvalue weighted by Crippen LogP contribution is -2.45. The molecule has 0 rings (SSSR count). The molecule has 454 valence electrons. The molecule has 0 aromatic rings. The second-order valence-electron chi connectivity index (χ2n) is 17.8. The molecule has 32 heteroatoms. The lowest BCUT2D eigenvalue weighted by Gasteiger charge is -2.25. The van der Waals surface area contributed by atoms with Gasteiger partial charge in [-0.2, -0.15) is 9.59 Å². The molecule has 0 aromatic carbocycles. The van der Waals surface area contributed by atoms with Crippen LogP contribution in [-0.4, -0.2) is 184 Å². The summed E-state index contributed by atoms with van der Waals surface area (Å²) in [5.41, 5.74) is 2.97. The molecule has 5 atom stereocenters. The Kier molecular flexibility index (Phi) is 57.9. The Morgan fingerprint density at radius 3 is 0.974 bits per heavy atom. The summed E-state index contributed by atoms with van der Waals surface area (Å²) < 4.78 is 0. The summed E-state index contributed by atoms with van der Waals surface area (Å²) in [6.07, 6.45) is -0.958. The Hall–Kier alpha value is -7.90. The van der Waals surface area contributed by atoms with Crippen molar-refractivity contribution in [2.24, 2.45) is 59.0 Å². The number of hydrogen-bond donors (Lipinski definition) is 14. The number of hydrogen-bond acceptors (Lipinski definition) is 19. The normalized spacial score (nSPS) is 12.2. The SMILES string of the molecule is CC(C)/C(=C/C(=O)O)C(=O)O.CC(C)C(=O)C(=O)O.CC(C)C(C(=O)O)C(=O)C(=O)O.CC(C)C(C(=O)O)C(O)C(=O)O.CC(C)C(O)(CC(=O)O)C(=O)O.CC(C)CC(=O)C(=O)O.CC(C)CC(N)C(=O)O.O.O.O=C=O. The van der Waals surface area contributed by atoms with Crippen LogP contribution in [0.15, 0.2) is 11.6 Å². The quantitative estimate of drug-likeness (QED) is 0.0353. The van der Waals surface area contributed by atoms with Crippen molar-refractivity contribution in [2.75, 3.05) is 0 Å². The predicted octanol–water partition coefficient (Wildman–Crippen LogP) is -0.350. The Balaban J connectivity index is -0.0000000857. The first-order valence-electron chi connectivity index (χ1n) is 22.0. The maximum absolute atomic E-state index is 10.7. The maximum Gasteiger partial charge on any atom is 0.373 e. The monoisotopic (exact) mass is 1140 g/mol. The van der Waals surface area contributed by atoms with Crippen molar-refractivity contribution in [1.29, 1.82) is 0 Å². The fraction of sp³-hybridized carbons (Fsp3) is 0.630. The van der Waals surface area contributed by atoms with Gasteiger partial charge in [-0.1, -0.05) is 96.9 Å². The molecule has 0 amide bonds. The van der Waals surface area contributed by atoms with Gasteiger partial charge in [0, 0.05) is 24.0 Å². The number of carbonyl (C=O) groups excluding carboxylic acids is 5. The third-order valence-electron chi connectivity index (χ3n) is 8.53. The van der Waals surface area contributed by atoms with Crippen molar-refractivity contribution in [3.63, 3.8) is 0 Å². The number of aliphatic hydroxyl groups is 2. The van der Waals surface area contributed by atoms with Gasteiger partial charge < -0.3 is 83.1 Å². The van der Waals surface area contributed by atoms with Crippen LogP contribution in [0.3, 0.4) is 0 Å². The van der Waals surface area contributed by atoms with Crippen LogP contribution in [0.2, 0.25) is 0 Å². The highest BCUT2D eigenvalue weighted by Crippen LogP contribution is 2.21. The van der Waals surface area contributed by atoms with Crippen molar-refractivity contribution in [3.8, 4) is 0 Å². The van der Waals surface area contributed by atoms with Gasteiger partial charge in [0.05, 0.1) is 12.3 Å². The van der Waals surface area contributed by atoms with E-state index in [4.69, 9.17) is 76.6 Å². The Labute approximate surface area is 447 Å². The van der Waals surface area contributed by atoms with Crippen LogP contribution in [0.25, 0.3) is 0 Å². The Bertz CT molecular complexity index is 1990. The van der Waals surface area contributed by atoms with Gasteiger partial charge in [-0.3, -0.25) is 33.6 Å². The topological polar surface area (TPSA) is 625 Å². The molecule has 5 unspecified atom stereocenters. The molecule has 0 saturated carbocycles. The summed E-state index contributed by atoms with van der Waals surface area (Å²) in [7, 11) is 0. The molecule has 32 nitrogen and oxygen atoms in total. The van der Waals surface area contributed by atoms with Gasteiger partial charge in [-0.05, 0) is 41.9 Å². The molecule has 0 bridgehead atoms. The number of carboxylic acids is 11. The predicted molar refractivity (Wildman–Crippen MR) is 263 cm³/mol. The molecule has 0 saturated heterocycles. The van der Waals surface area contributed by atoms with E-state index in [1.807, 2.05) is 13.8 Å². The molecule has 0 aromatic heterocycles. The molecule has 0 aliphatic rings. The minimum absolute atomic E-state index is 0. The zero-order chi connectivity index (χ0) is 63.0. The molecular formula is C46H79NO31. The van der Waals surface area contributed by atoms with E-state index in [9.17, 15) is 72.2 Å². The Morgan fingerprint density at radius 2 is 0.897 bits per heavy atom. The molecule has 0 radical (unpaired) electrons. The number of carboxylic acid groups (broad SMARTS) is 11. The van der Waals surface area contributed by atoms with Crippen molar-refractivity contribution in [2.45, 2.75) is 134 Å². The first kappa shape index (κ1) is 92.7. The van der Waals surface area contributed by atoms with Crippen LogP contribution < -0.4 is 5.73 Å². The van der Waals surface area contributed by atoms with Crippen LogP contribution in [0, 0.1) is 53.3 Å². The standard InChI is InChI=1S/2C7H12O5.C7H10O5.C7H10O4.C6H13NO2.C6H10O3.C5H8O3.CO2.2H2O/c1-4(2)7(12,6(10)11)3-5(8)9;2*1-3(2)4(6(9)10)5(8)7(11)12;1-4(2)5(7(10)11)3-6(8)9;2*1-4(2)3-5(7)6(8)9;1-3(2)4(6)5(7)8;2-1-3;;/h4,12H,3H2,1-2H3,(H,8,9)(H,10,11);3-5,8H,1-2H3,(H,9,10)(H,11,12);3-4H,1-2H3,(H,9,10)(H,11,12);3-4H,1-2H3,(H,8,9)(H,10,11);4-5H,3,7H2,1-2H3,(H,8,9);4H,3H2,1-2H3,(H,8,9);3H,1-2H3,(H,7,8);;2*1H2/b;;;5-3-;;;;;;. The van der Waals surface area contributed by atoms with Crippen molar-refractivity contribution < 1.29 is 154 Å². The summed E-state index contributed by atoms with van der Waals surface area (Å²) in [5.74, 6) is -21.8. The summed E-state index contributed by atoms with van der Waals surface area (Å²) in [5, 5.41) is 110. The molecular weight excluding hydrogens is 1060 g/mol. The van der Waals surface area contributed by atoms with Gasteiger partial charge in [0.2, 0.25) is 11.6 Å². The summed E-state index contributed by atoms with van der Waals surface area (Å²) in [6.45, 7) is 22.8. The average Bonchev–Trinajstić information content (AvgIpc) is 3.22. The smallest absolute Gasteiger partial charge is 0.373 e. The van der Waals surface area contributed by atoms with Gasteiger partial charge >= 0.3 is 71.8 Å². The van der Waals surface area contributed by atoms with Crippen molar-refractivity contribution >= 4 is 89.2 Å². The number of Topliss-reactive ketones (excluding diaryl/α,β-unsaturated/α-hetero) is 3. The van der Waals surface area contributed by atoms with Gasteiger partial charge in [-0.25, -0.2) is 33.6 Å². The third-order valence-corrected chi connectivity index (χ3v) is 8.53. The van der Waals surface area contributed by atoms with E-state index >= 15 is 0 Å². The lowest BCUT2D eigenvalue weighted by molar-refractivity contribution is -0.192. The number of aliphatic hydroxyl groups excluding tert-OH is 1. The molecule has 0 spiro atoms. The third kappa shape index (κ3) is 51.6. The van der Waals surface area contributed by atoms with E-state index in [1.54, 1.807) is 55.4 Å². The van der Waals surface area contributed by atoms with Crippen LogP contribution in [0.4, 0.5) is 0 Å². The van der Waals surface area contributed by atoms with Crippen LogP contribution in [0.5, 0.6) is 0 Å². The molecule has 19 N–H and O–H groups in total. The van der Waals surface area contributed by atoms with E-state index in [2.05, 4.69) is 0 Å². The second kappa shape index (κ2) is 48.7. The summed E-state index contributed by atoms with van der Waals surface area (Å²) in [4.78, 5) is 160. The summed E-state index contributed by atoms with van der Waals surface area (Å²) in [6, 6.07) is -0.690. The highest BCUT2D eigenvalue weighted by molar-refractivity contribution is 6.37. The number of rotatable bonds is 23. The molecule has 0 fully saturated rings. The second-order valence-corrected chi connectivity index (χ2v) is 17.8. The number of aliphatic carboxylic acids is 11. The highest BCUT2D eigenvalue weighted by Gasteiger charge is 2.41. The fourth-order valence-corrected chi connectivity index (χ4v) is 4.45. The number of carbonyl (C=O) groups is 14. The van der Waals surface area contributed by atoms with Crippen LogP contribution in [0.1, 0.15) is 116 Å². The first-order chi connectivity index (χ1) is 34.0. The van der Waals surface area contributed by atoms with Gasteiger partial charge in [0.1, 0.15) is 12.0 Å². The molecule has 0 aliphatic carbocycles. The largest absolute Gasteiger partial charge is 0.481 e. The van der Waals surface area contributed by atoms with E-state index < -0.39 is 143 Å². The fourth-order valence-electron chi connectivity index (χ4n) is 4.45. The highest BCUT2D eigenvalue weighted by atomic mass is 16.4. The lowest BCUT2D eigenvalue weighted by atomic mass is 9.87. The van der Waals surface area contributed by atoms with E-state index in [-0.39, 0.29) is 40.9 Å². The average molecular weight is 1140 g/mol. The van der Waals surface area contributed by atoms with E-state index in [0.717, 1.165) is 0 Å². The Morgan fingerprint density at radius 1 is 0.513 bits per heavy atom. The van der Waals surface area contributed by atoms with Gasteiger partial charge in [-0.15, -0.1) is 0 Å². The van der Waals surface area contributed by atoms with E-state index in [1.165, 1.54) is 27.7 Å². The molecule has 0 heterocycles. The molecule has 0 aliphatic heterocycles. The minimum atomic E-state index is -2.16. The summed E-state index contributed by atoms with van der Waals surface area (Å²) >= 11 is 0. The van der Waals surface area contributed by atoms with Crippen LogP contribution >= 0.6 is 0 Å². The van der Waals surface area contributed by atoms with Gasteiger partial charge in [0.25, 0.3) is 5.78 Å².